The van der Waals surface area contributed by atoms with Crippen molar-refractivity contribution in [1.82, 2.24) is 10.2 Å². The van der Waals surface area contributed by atoms with Gasteiger partial charge in [-0.25, -0.2) is 0 Å². The first kappa shape index (κ1) is 14.9. The van der Waals surface area contributed by atoms with Gasteiger partial charge in [-0.1, -0.05) is 0 Å². The van der Waals surface area contributed by atoms with Crippen LogP contribution in [-0.2, 0) is 4.74 Å². The molecule has 1 aliphatic rings. The Bertz CT molecular complexity index is 210. The third-order valence-electron chi connectivity index (χ3n) is 4.38. The molecule has 1 saturated heterocycles. The van der Waals surface area contributed by atoms with Crippen molar-refractivity contribution >= 4 is 0 Å². The lowest BCUT2D eigenvalue weighted by Gasteiger charge is -2.36. The largest absolute Gasteiger partial charge is 0.379 e. The molecular weight excluding hydrogens is 212 g/mol. The van der Waals surface area contributed by atoms with Gasteiger partial charge in [0.05, 0.1) is 5.60 Å². The monoisotopic (exact) mass is 242 g/mol. The zero-order valence-electron chi connectivity index (χ0n) is 12.3. The zero-order chi connectivity index (χ0) is 12.9. The van der Waals surface area contributed by atoms with Gasteiger partial charge < -0.3 is 15.0 Å². The van der Waals surface area contributed by atoms with Crippen LogP contribution in [0.1, 0.15) is 40.0 Å². The molecule has 17 heavy (non-hydrogen) atoms. The first-order chi connectivity index (χ1) is 7.98. The van der Waals surface area contributed by atoms with Crippen LogP contribution < -0.4 is 5.32 Å². The van der Waals surface area contributed by atoms with Gasteiger partial charge in [0.25, 0.3) is 0 Å². The number of piperidine rings is 1. The Kier molecular flexibility index (Phi) is 5.90. The summed E-state index contributed by atoms with van der Waals surface area (Å²) in [4.78, 5) is 2.58. The van der Waals surface area contributed by atoms with Crippen molar-refractivity contribution in [3.63, 3.8) is 0 Å². The number of hydrogen-bond acceptors (Lipinski definition) is 3. The number of methoxy groups -OCH3 is 1. The summed E-state index contributed by atoms with van der Waals surface area (Å²) >= 11 is 0. The minimum Gasteiger partial charge on any atom is -0.379 e. The van der Waals surface area contributed by atoms with Crippen LogP contribution in [0.4, 0.5) is 0 Å². The lowest BCUT2D eigenvalue weighted by molar-refractivity contribution is 0.00445. The number of ether oxygens (including phenoxy) is 1. The Labute approximate surface area is 107 Å². The Morgan fingerprint density at radius 1 is 1.35 bits per heavy atom. The first-order valence-electron chi connectivity index (χ1n) is 6.93. The molecule has 3 nitrogen and oxygen atoms in total. The van der Waals surface area contributed by atoms with E-state index >= 15 is 0 Å². The molecule has 0 aromatic carbocycles. The van der Waals surface area contributed by atoms with Crippen molar-refractivity contribution in [1.29, 1.82) is 0 Å². The molecule has 0 bridgehead atoms. The summed E-state index contributed by atoms with van der Waals surface area (Å²) in [6.07, 6.45) is 3.78. The summed E-state index contributed by atoms with van der Waals surface area (Å²) in [5.41, 5.74) is 0.0229. The smallest absolute Gasteiger partial charge is 0.0634 e. The quantitative estimate of drug-likeness (QED) is 0.772. The van der Waals surface area contributed by atoms with Crippen molar-refractivity contribution in [2.75, 3.05) is 33.8 Å². The van der Waals surface area contributed by atoms with E-state index in [4.69, 9.17) is 4.74 Å². The average Bonchev–Trinajstić information content (AvgIpc) is 2.36. The summed E-state index contributed by atoms with van der Waals surface area (Å²) in [6, 6.07) is 0.660. The predicted molar refractivity (Wildman–Crippen MR) is 73.4 cm³/mol. The van der Waals surface area contributed by atoms with E-state index in [1.807, 2.05) is 0 Å². The Hall–Kier alpha value is -0.120. The highest BCUT2D eigenvalue weighted by Gasteiger charge is 2.24. The molecule has 3 heteroatoms. The highest BCUT2D eigenvalue weighted by atomic mass is 16.5. The van der Waals surface area contributed by atoms with Crippen LogP contribution in [0, 0.1) is 5.92 Å². The van der Waals surface area contributed by atoms with Crippen molar-refractivity contribution in [2.45, 2.75) is 51.7 Å². The molecule has 1 aliphatic heterocycles. The van der Waals surface area contributed by atoms with Gasteiger partial charge in [0, 0.05) is 19.7 Å². The van der Waals surface area contributed by atoms with Crippen molar-refractivity contribution in [3.05, 3.63) is 0 Å². The van der Waals surface area contributed by atoms with Gasteiger partial charge in [-0.2, -0.15) is 0 Å². The van der Waals surface area contributed by atoms with Crippen molar-refractivity contribution < 1.29 is 4.74 Å². The summed E-state index contributed by atoms with van der Waals surface area (Å²) in [6.45, 7) is 10.3. The number of nitrogens with zero attached hydrogens (tertiary/aromatic N) is 1. The van der Waals surface area contributed by atoms with Crippen LogP contribution >= 0.6 is 0 Å². The standard InChI is InChI=1S/C14H30N2O/c1-12(15-4)13-6-9-16(10-7-13)11-8-14(2,3)17-5/h12-13,15H,6-11H2,1-5H3. The van der Waals surface area contributed by atoms with E-state index in [-0.39, 0.29) is 5.60 Å². The molecular formula is C14H30N2O. The van der Waals surface area contributed by atoms with Crippen LogP contribution in [0.15, 0.2) is 0 Å². The van der Waals surface area contributed by atoms with Gasteiger partial charge in [-0.05, 0) is 66.1 Å². The molecule has 0 aliphatic carbocycles. The second kappa shape index (κ2) is 6.72. The van der Waals surface area contributed by atoms with Gasteiger partial charge in [0.1, 0.15) is 0 Å². The molecule has 0 aromatic heterocycles. The van der Waals surface area contributed by atoms with E-state index in [0.29, 0.717) is 6.04 Å². The molecule has 1 rings (SSSR count). The second-order valence-electron chi connectivity index (χ2n) is 5.97. The third-order valence-corrected chi connectivity index (χ3v) is 4.38. The van der Waals surface area contributed by atoms with E-state index < -0.39 is 0 Å². The number of rotatable bonds is 6. The fourth-order valence-corrected chi connectivity index (χ4v) is 2.44. The molecule has 1 N–H and O–H groups in total. The minimum absolute atomic E-state index is 0.0229. The average molecular weight is 242 g/mol. The van der Waals surface area contributed by atoms with Gasteiger partial charge in [0.2, 0.25) is 0 Å². The first-order valence-corrected chi connectivity index (χ1v) is 6.93. The van der Waals surface area contributed by atoms with E-state index in [2.05, 4.69) is 38.0 Å². The van der Waals surface area contributed by atoms with Gasteiger partial charge in [0.15, 0.2) is 0 Å². The third kappa shape index (κ3) is 4.94. The molecule has 0 saturated carbocycles. The van der Waals surface area contributed by atoms with Gasteiger partial charge >= 0.3 is 0 Å². The highest BCUT2D eigenvalue weighted by Crippen LogP contribution is 2.22. The maximum Gasteiger partial charge on any atom is 0.0634 e. The summed E-state index contributed by atoms with van der Waals surface area (Å²) in [7, 11) is 3.87. The lowest BCUT2D eigenvalue weighted by atomic mass is 9.90. The minimum atomic E-state index is 0.0229. The normalized spacial score (nSPS) is 21.7. The SMILES string of the molecule is CNC(C)C1CCN(CCC(C)(C)OC)CC1. The van der Waals surface area contributed by atoms with E-state index in [1.165, 1.54) is 32.5 Å². The second-order valence-corrected chi connectivity index (χ2v) is 5.97. The Morgan fingerprint density at radius 2 is 1.94 bits per heavy atom. The molecule has 102 valence electrons. The van der Waals surface area contributed by atoms with E-state index in [9.17, 15) is 0 Å². The fraction of sp³-hybridized carbons (Fsp3) is 1.00. The molecule has 1 heterocycles. The van der Waals surface area contributed by atoms with Crippen molar-refractivity contribution in [3.8, 4) is 0 Å². The fourth-order valence-electron chi connectivity index (χ4n) is 2.44. The summed E-state index contributed by atoms with van der Waals surface area (Å²) in [5.74, 6) is 0.853. The van der Waals surface area contributed by atoms with E-state index in [1.54, 1.807) is 7.11 Å². The van der Waals surface area contributed by atoms with Crippen LogP contribution in [0.3, 0.4) is 0 Å². The molecule has 0 spiro atoms. The number of likely N-dealkylation sites (tertiary alicyclic amines) is 1. The van der Waals surface area contributed by atoms with Crippen LogP contribution in [0.2, 0.25) is 0 Å². The van der Waals surface area contributed by atoms with Crippen LogP contribution in [0.25, 0.3) is 0 Å². The molecule has 0 aromatic rings. The van der Waals surface area contributed by atoms with Gasteiger partial charge in [-0.3, -0.25) is 0 Å². The highest BCUT2D eigenvalue weighted by molar-refractivity contribution is 4.80. The summed E-state index contributed by atoms with van der Waals surface area (Å²) in [5, 5.41) is 3.38. The van der Waals surface area contributed by atoms with E-state index in [0.717, 1.165) is 12.3 Å². The maximum atomic E-state index is 5.47. The Morgan fingerprint density at radius 3 is 2.41 bits per heavy atom. The predicted octanol–water partition coefficient (Wildman–Crippen LogP) is 2.12. The van der Waals surface area contributed by atoms with Crippen LogP contribution in [0.5, 0.6) is 0 Å². The Balaban J connectivity index is 2.23. The molecule has 0 radical (unpaired) electrons. The number of hydrogen-bond donors (Lipinski definition) is 1. The molecule has 1 atom stereocenters. The van der Waals surface area contributed by atoms with Crippen molar-refractivity contribution in [2.24, 2.45) is 5.92 Å². The molecule has 0 amide bonds. The number of nitrogens with one attached hydrogen (secondary N) is 1. The lowest BCUT2D eigenvalue weighted by Crippen LogP contribution is -2.42. The van der Waals surface area contributed by atoms with Crippen LogP contribution in [-0.4, -0.2) is 50.3 Å². The zero-order valence-corrected chi connectivity index (χ0v) is 12.3. The molecule has 1 fully saturated rings. The maximum absolute atomic E-state index is 5.47. The molecule has 1 unspecified atom stereocenters. The summed E-state index contributed by atoms with van der Waals surface area (Å²) < 4.78 is 5.47. The van der Waals surface area contributed by atoms with Gasteiger partial charge in [-0.15, -0.1) is 0 Å². The topological polar surface area (TPSA) is 24.5 Å².